The third-order valence-electron chi connectivity index (χ3n) is 15.6. The number of phosphoric ester groups is 2. The van der Waals surface area contributed by atoms with Crippen LogP contribution in [0.5, 0.6) is 0 Å². The molecule has 96 heavy (non-hydrogen) atoms. The van der Waals surface area contributed by atoms with Crippen LogP contribution in [0.25, 0.3) is 0 Å². The number of ether oxygens (including phenoxy) is 4. The number of carbonyl (C=O) groups excluding carboxylic acids is 4. The summed E-state index contributed by atoms with van der Waals surface area (Å²) >= 11 is 0. The largest absolute Gasteiger partial charge is 0.472 e. The number of aliphatic hydroxyl groups excluding tert-OH is 1. The van der Waals surface area contributed by atoms with Crippen molar-refractivity contribution in [2.24, 2.45) is 0 Å². The highest BCUT2D eigenvalue weighted by Crippen LogP contribution is 2.45. The Morgan fingerprint density at radius 3 is 0.969 bits per heavy atom. The fourth-order valence-electron chi connectivity index (χ4n) is 9.85. The van der Waals surface area contributed by atoms with Gasteiger partial charge in [0.15, 0.2) is 12.2 Å². The van der Waals surface area contributed by atoms with Crippen molar-refractivity contribution in [1.82, 2.24) is 0 Å². The van der Waals surface area contributed by atoms with E-state index in [1.807, 2.05) is 18.2 Å². The average Bonchev–Trinajstić information content (AvgIpc) is 1.36. The van der Waals surface area contributed by atoms with E-state index in [4.69, 9.17) is 37.0 Å². The number of carbonyl (C=O) groups is 4. The lowest BCUT2D eigenvalue weighted by Gasteiger charge is -2.21. The van der Waals surface area contributed by atoms with Crippen molar-refractivity contribution in [2.75, 3.05) is 39.6 Å². The van der Waals surface area contributed by atoms with E-state index in [0.717, 1.165) is 135 Å². The molecule has 3 N–H and O–H groups in total. The number of aliphatic hydroxyl groups is 1. The highest BCUT2D eigenvalue weighted by molar-refractivity contribution is 7.47. The van der Waals surface area contributed by atoms with Gasteiger partial charge >= 0.3 is 39.5 Å². The summed E-state index contributed by atoms with van der Waals surface area (Å²) in [5.74, 6) is -2.33. The molecule has 0 fully saturated rings. The first-order chi connectivity index (χ1) is 46.7. The zero-order valence-electron chi connectivity index (χ0n) is 60.3. The molecular weight excluding hydrogens is 1260 g/mol. The van der Waals surface area contributed by atoms with Gasteiger partial charge in [-0.1, -0.05) is 273 Å². The Labute approximate surface area is 582 Å². The summed E-state index contributed by atoms with van der Waals surface area (Å²) in [7, 11) is -9.97. The number of hydrogen-bond donors (Lipinski definition) is 3. The lowest BCUT2D eigenvalue weighted by atomic mass is 10.0. The van der Waals surface area contributed by atoms with E-state index in [2.05, 4.69) is 101 Å². The van der Waals surface area contributed by atoms with E-state index in [1.165, 1.54) is 96.3 Å². The van der Waals surface area contributed by atoms with Crippen molar-refractivity contribution < 1.29 is 80.2 Å². The Morgan fingerprint density at radius 1 is 0.312 bits per heavy atom. The minimum Gasteiger partial charge on any atom is -0.462 e. The monoisotopic (exact) mass is 1390 g/mol. The molecule has 0 radical (unpaired) electrons. The summed E-state index contributed by atoms with van der Waals surface area (Å²) in [6, 6.07) is 0. The second kappa shape index (κ2) is 69.5. The van der Waals surface area contributed by atoms with Gasteiger partial charge < -0.3 is 33.8 Å². The van der Waals surface area contributed by atoms with E-state index in [9.17, 15) is 43.2 Å². The highest BCUT2D eigenvalue weighted by atomic mass is 31.2. The summed E-state index contributed by atoms with van der Waals surface area (Å²) in [5, 5.41) is 10.6. The first kappa shape index (κ1) is 92.0. The van der Waals surface area contributed by atoms with Gasteiger partial charge in [-0.05, 0) is 109 Å². The van der Waals surface area contributed by atoms with Crippen LogP contribution in [0.15, 0.2) is 97.2 Å². The van der Waals surface area contributed by atoms with Crippen molar-refractivity contribution in [2.45, 2.75) is 329 Å². The van der Waals surface area contributed by atoms with Crippen molar-refractivity contribution in [3.63, 3.8) is 0 Å². The van der Waals surface area contributed by atoms with Gasteiger partial charge in [-0.25, -0.2) is 9.13 Å². The molecule has 0 bridgehead atoms. The molecule has 0 aromatic carbocycles. The Hall–Kier alpha value is -4.02. The predicted octanol–water partition coefficient (Wildman–Crippen LogP) is 21.2. The molecule has 0 saturated heterocycles. The lowest BCUT2D eigenvalue weighted by molar-refractivity contribution is -0.161. The maximum absolute atomic E-state index is 13.1. The molecule has 0 aliphatic rings. The molecule has 0 aromatic heterocycles. The van der Waals surface area contributed by atoms with Gasteiger partial charge in [0.1, 0.15) is 19.3 Å². The Bertz CT molecular complexity index is 2200. The highest BCUT2D eigenvalue weighted by Gasteiger charge is 2.30. The Balaban J connectivity index is 5.41. The van der Waals surface area contributed by atoms with E-state index < -0.39 is 97.5 Å². The molecule has 0 aliphatic heterocycles. The van der Waals surface area contributed by atoms with Crippen LogP contribution in [0.1, 0.15) is 310 Å². The fraction of sp³-hybridized carbons (Fsp3) is 0.740. The third kappa shape index (κ3) is 68.5. The standard InChI is InChI=1S/C77H134O17P2/c1-5-9-13-17-21-25-29-33-35-39-42-46-50-54-58-62-75(80)88-68-73(94-77(82)64-60-56-52-48-44-40-36-34-30-26-22-18-14-10-6-2)70-92-96(85,86)90-66-71(78)65-89-95(83,84)91-69-72(93-76(81)63-59-55-51-47-43-38-32-28-24-20-16-12-8-4)67-87-74(79)61-57-53-49-45-41-37-31-27-23-19-15-11-7-3/h9,13,21-22,25-27,31,33-36,42,46,54,58,71-73,78H,5-8,10-12,14-20,23-24,28-30,32,37-41,43-45,47-53,55-57,59-70H2,1-4H3,(H,83,84)(H,85,86)/b13-9-,25-21-,26-22-,31-27-,35-33-,36-34-,46-42-,58-54-. The summed E-state index contributed by atoms with van der Waals surface area (Å²) in [6.07, 6.45) is 71.4. The van der Waals surface area contributed by atoms with Gasteiger partial charge in [-0.3, -0.25) is 37.3 Å². The molecule has 0 spiro atoms. The molecule has 5 atom stereocenters. The van der Waals surface area contributed by atoms with E-state index >= 15 is 0 Å². The van der Waals surface area contributed by atoms with Crippen molar-refractivity contribution >= 4 is 39.5 Å². The van der Waals surface area contributed by atoms with Crippen molar-refractivity contribution in [3.8, 4) is 0 Å². The molecule has 0 saturated carbocycles. The summed E-state index contributed by atoms with van der Waals surface area (Å²) in [6.45, 7) is 4.59. The van der Waals surface area contributed by atoms with Crippen LogP contribution in [0.2, 0.25) is 0 Å². The normalized spacial score (nSPS) is 14.5. The third-order valence-corrected chi connectivity index (χ3v) is 17.5. The van der Waals surface area contributed by atoms with Gasteiger partial charge in [-0.2, -0.15) is 0 Å². The molecule has 0 heterocycles. The smallest absolute Gasteiger partial charge is 0.462 e. The van der Waals surface area contributed by atoms with Crippen LogP contribution >= 0.6 is 15.6 Å². The van der Waals surface area contributed by atoms with Gasteiger partial charge in [0.05, 0.1) is 32.8 Å². The minimum absolute atomic E-state index is 0.0594. The average molecular weight is 1390 g/mol. The van der Waals surface area contributed by atoms with E-state index in [-0.39, 0.29) is 25.7 Å². The molecule has 554 valence electrons. The Morgan fingerprint density at radius 2 is 0.583 bits per heavy atom. The van der Waals surface area contributed by atoms with Crippen LogP contribution in [0, 0.1) is 0 Å². The van der Waals surface area contributed by atoms with Gasteiger partial charge in [0.2, 0.25) is 0 Å². The predicted molar refractivity (Wildman–Crippen MR) is 390 cm³/mol. The summed E-state index contributed by atoms with van der Waals surface area (Å²) in [4.78, 5) is 72.7. The summed E-state index contributed by atoms with van der Waals surface area (Å²) in [5.41, 5.74) is 0. The number of allylic oxidation sites excluding steroid dienone is 15. The molecule has 17 nitrogen and oxygen atoms in total. The minimum atomic E-state index is -4.99. The van der Waals surface area contributed by atoms with E-state index in [0.29, 0.717) is 25.7 Å². The number of esters is 4. The van der Waals surface area contributed by atoms with Crippen LogP contribution in [-0.4, -0.2) is 96.7 Å². The number of hydrogen-bond acceptors (Lipinski definition) is 15. The topological polar surface area (TPSA) is 237 Å². The molecular formula is C77H134O17P2. The SMILES string of the molecule is CC/C=C\C/C=C\C/C=C\C/C=C\C/C=C\CC(=O)OCC(COP(=O)(O)OCC(O)COP(=O)(O)OCC(COC(=O)CCCCCCC/C=C\CCCCCC)OC(=O)CCCCCCCCCCCCCCC)OC(=O)CCCCCCC/C=C\C/C=C\CCCCC. The van der Waals surface area contributed by atoms with Crippen LogP contribution in [0.3, 0.4) is 0 Å². The number of unbranched alkanes of at least 4 members (excludes halogenated alkanes) is 29. The fourth-order valence-corrected chi connectivity index (χ4v) is 11.4. The maximum atomic E-state index is 13.1. The van der Waals surface area contributed by atoms with Gasteiger partial charge in [0.25, 0.3) is 0 Å². The first-order valence-corrected chi connectivity index (χ1v) is 40.5. The molecule has 19 heteroatoms. The van der Waals surface area contributed by atoms with Crippen molar-refractivity contribution in [3.05, 3.63) is 97.2 Å². The second-order valence-electron chi connectivity index (χ2n) is 24.9. The maximum Gasteiger partial charge on any atom is 0.472 e. The van der Waals surface area contributed by atoms with Crippen LogP contribution in [-0.2, 0) is 65.4 Å². The molecule has 0 aromatic rings. The summed E-state index contributed by atoms with van der Waals surface area (Å²) < 4.78 is 68.3. The number of rotatable bonds is 70. The lowest BCUT2D eigenvalue weighted by Crippen LogP contribution is -2.30. The van der Waals surface area contributed by atoms with Gasteiger partial charge in [0, 0.05) is 19.3 Å². The second-order valence-corrected chi connectivity index (χ2v) is 27.8. The zero-order chi connectivity index (χ0) is 70.4. The van der Waals surface area contributed by atoms with Gasteiger partial charge in [-0.15, -0.1) is 0 Å². The van der Waals surface area contributed by atoms with E-state index in [1.54, 1.807) is 6.08 Å². The Kier molecular flexibility index (Phi) is 66.6. The first-order valence-electron chi connectivity index (χ1n) is 37.5. The molecule has 5 unspecified atom stereocenters. The quantitative estimate of drug-likeness (QED) is 0.0169. The van der Waals surface area contributed by atoms with Crippen molar-refractivity contribution in [1.29, 1.82) is 0 Å². The molecule has 0 aliphatic carbocycles. The zero-order valence-corrected chi connectivity index (χ0v) is 62.1. The van der Waals surface area contributed by atoms with Crippen LogP contribution < -0.4 is 0 Å². The molecule has 0 amide bonds. The molecule has 0 rings (SSSR count). The number of phosphoric acid groups is 2. The van der Waals surface area contributed by atoms with Crippen LogP contribution in [0.4, 0.5) is 0 Å².